The lowest BCUT2D eigenvalue weighted by Gasteiger charge is -2.24. The monoisotopic (exact) mass is 185 g/mol. The van der Waals surface area contributed by atoms with E-state index in [1.54, 1.807) is 0 Å². The molecule has 0 saturated carbocycles. The minimum atomic E-state index is -0.161. The number of aliphatic imine (C=N–C) groups is 1. The van der Waals surface area contributed by atoms with Crippen molar-refractivity contribution in [3.8, 4) is 0 Å². The Labute approximate surface area is 81.6 Å². The summed E-state index contributed by atoms with van der Waals surface area (Å²) in [4.78, 5) is 4.22. The molecular weight excluding hydrogens is 162 g/mol. The molecule has 0 aliphatic heterocycles. The van der Waals surface area contributed by atoms with Gasteiger partial charge in [-0.15, -0.1) is 0 Å². The van der Waals surface area contributed by atoms with E-state index in [-0.39, 0.29) is 11.6 Å². The second kappa shape index (κ2) is 5.22. The topological polar surface area (TPSA) is 64.4 Å². The van der Waals surface area contributed by atoms with Gasteiger partial charge in [-0.1, -0.05) is 13.8 Å². The minimum Gasteiger partial charge on any atom is -0.390 e. The number of hydrogen-bond donors (Lipinski definition) is 2. The molecule has 1 unspecified atom stereocenters. The van der Waals surface area contributed by atoms with E-state index in [9.17, 15) is 0 Å². The summed E-state index contributed by atoms with van der Waals surface area (Å²) in [5.41, 5.74) is 11.1. The minimum absolute atomic E-state index is 0.161. The Morgan fingerprint density at radius 3 is 2.23 bits per heavy atom. The van der Waals surface area contributed by atoms with Gasteiger partial charge in [0, 0.05) is 5.54 Å². The maximum Gasteiger partial charge on any atom is 0.0801 e. The van der Waals surface area contributed by atoms with E-state index < -0.39 is 0 Å². The smallest absolute Gasteiger partial charge is 0.0801 e. The van der Waals surface area contributed by atoms with Crippen LogP contribution in [0.3, 0.4) is 0 Å². The van der Waals surface area contributed by atoms with Gasteiger partial charge in [0.1, 0.15) is 0 Å². The molecule has 0 rings (SSSR count). The van der Waals surface area contributed by atoms with E-state index in [2.05, 4.69) is 18.8 Å². The Balaban J connectivity index is 4.10. The van der Waals surface area contributed by atoms with Crippen LogP contribution in [0, 0.1) is 5.92 Å². The van der Waals surface area contributed by atoms with Crippen molar-refractivity contribution in [1.82, 2.24) is 0 Å². The van der Waals surface area contributed by atoms with Crippen LogP contribution in [-0.4, -0.2) is 17.9 Å². The van der Waals surface area contributed by atoms with Crippen molar-refractivity contribution < 1.29 is 0 Å². The normalized spacial score (nSPS) is 15.5. The summed E-state index contributed by atoms with van der Waals surface area (Å²) in [6.45, 7) is 8.41. The molecule has 0 amide bonds. The van der Waals surface area contributed by atoms with Gasteiger partial charge >= 0.3 is 0 Å². The summed E-state index contributed by atoms with van der Waals surface area (Å²) in [5, 5.41) is 0. The van der Waals surface area contributed by atoms with Gasteiger partial charge in [-0.2, -0.15) is 0 Å². The van der Waals surface area contributed by atoms with E-state index in [4.69, 9.17) is 11.5 Å². The molecule has 0 aromatic heterocycles. The summed E-state index contributed by atoms with van der Waals surface area (Å²) >= 11 is 0. The molecule has 3 heteroatoms. The fourth-order valence-electron chi connectivity index (χ4n) is 1.47. The second-order valence-corrected chi connectivity index (χ2v) is 4.77. The zero-order valence-corrected chi connectivity index (χ0v) is 9.25. The largest absolute Gasteiger partial charge is 0.390 e. The molecule has 3 nitrogen and oxygen atoms in total. The van der Waals surface area contributed by atoms with E-state index in [1.807, 2.05) is 13.8 Å². The first-order chi connectivity index (χ1) is 5.85. The highest BCUT2D eigenvalue weighted by molar-refractivity contribution is 5.51. The fourth-order valence-corrected chi connectivity index (χ4v) is 1.47. The molecule has 0 radical (unpaired) electrons. The van der Waals surface area contributed by atoms with Crippen molar-refractivity contribution in [3.05, 3.63) is 0 Å². The van der Waals surface area contributed by atoms with Crippen molar-refractivity contribution in [2.45, 2.75) is 52.1 Å². The molecule has 1 atom stereocenters. The van der Waals surface area contributed by atoms with E-state index in [0.29, 0.717) is 5.92 Å². The third-order valence-corrected chi connectivity index (χ3v) is 1.80. The zero-order valence-electron chi connectivity index (χ0n) is 9.25. The molecule has 78 valence electrons. The van der Waals surface area contributed by atoms with Crippen LogP contribution in [0.25, 0.3) is 0 Å². The van der Waals surface area contributed by atoms with Gasteiger partial charge in [-0.25, -0.2) is 0 Å². The van der Waals surface area contributed by atoms with E-state index >= 15 is 0 Å². The molecule has 13 heavy (non-hydrogen) atoms. The molecule has 0 aliphatic rings. The summed E-state index contributed by atoms with van der Waals surface area (Å²) in [6, 6.07) is 0.269. The molecule has 4 N–H and O–H groups in total. The number of hydrogen-bond acceptors (Lipinski definition) is 2. The standard InChI is InChI=1S/C10H23N3/c1-8(2)5-9(13-7-11)6-10(3,4)12/h7-9H,5-6,12H2,1-4H3,(H2,11,13). The van der Waals surface area contributed by atoms with Crippen LogP contribution in [0.1, 0.15) is 40.5 Å². The maximum absolute atomic E-state index is 5.93. The summed E-state index contributed by atoms with van der Waals surface area (Å²) in [6.07, 6.45) is 3.33. The SMILES string of the molecule is CC(C)CC(CC(C)(C)N)N=CN. The van der Waals surface area contributed by atoms with Crippen LogP contribution in [0.5, 0.6) is 0 Å². The highest BCUT2D eigenvalue weighted by Crippen LogP contribution is 2.17. The van der Waals surface area contributed by atoms with Gasteiger partial charge in [-0.3, -0.25) is 4.99 Å². The first-order valence-corrected chi connectivity index (χ1v) is 4.87. The Kier molecular flexibility index (Phi) is 4.99. The first-order valence-electron chi connectivity index (χ1n) is 4.87. The molecule has 0 spiro atoms. The summed E-state index contributed by atoms with van der Waals surface area (Å²) < 4.78 is 0. The lowest BCUT2D eigenvalue weighted by atomic mass is 9.92. The Morgan fingerprint density at radius 2 is 1.92 bits per heavy atom. The molecule has 0 aromatic rings. The van der Waals surface area contributed by atoms with Crippen LogP contribution in [0.15, 0.2) is 4.99 Å². The molecule has 0 aliphatic carbocycles. The predicted octanol–water partition coefficient (Wildman–Crippen LogP) is 1.52. The van der Waals surface area contributed by atoms with Gasteiger partial charge in [-0.05, 0) is 32.6 Å². The van der Waals surface area contributed by atoms with Crippen LogP contribution in [0.2, 0.25) is 0 Å². The average Bonchev–Trinajstić information content (AvgIpc) is 1.81. The van der Waals surface area contributed by atoms with Gasteiger partial charge in [0.05, 0.1) is 12.4 Å². The second-order valence-electron chi connectivity index (χ2n) is 4.77. The van der Waals surface area contributed by atoms with Crippen LogP contribution in [0.4, 0.5) is 0 Å². The Hall–Kier alpha value is -0.570. The number of nitrogens with zero attached hydrogens (tertiary/aromatic N) is 1. The van der Waals surface area contributed by atoms with E-state index in [1.165, 1.54) is 6.34 Å². The van der Waals surface area contributed by atoms with Crippen LogP contribution >= 0.6 is 0 Å². The molecule has 0 bridgehead atoms. The number of rotatable bonds is 5. The lowest BCUT2D eigenvalue weighted by Crippen LogP contribution is -2.36. The van der Waals surface area contributed by atoms with Crippen molar-refractivity contribution in [1.29, 1.82) is 0 Å². The third-order valence-electron chi connectivity index (χ3n) is 1.80. The van der Waals surface area contributed by atoms with Gasteiger partial charge in [0.15, 0.2) is 0 Å². The van der Waals surface area contributed by atoms with Crippen molar-refractivity contribution in [2.24, 2.45) is 22.4 Å². The quantitative estimate of drug-likeness (QED) is 0.504. The Bertz CT molecular complexity index is 156. The molecule has 0 fully saturated rings. The number of nitrogens with two attached hydrogens (primary N) is 2. The third kappa shape index (κ3) is 7.78. The van der Waals surface area contributed by atoms with Crippen molar-refractivity contribution in [2.75, 3.05) is 0 Å². The molecule has 0 saturated heterocycles. The Morgan fingerprint density at radius 1 is 1.38 bits per heavy atom. The van der Waals surface area contributed by atoms with Gasteiger partial charge < -0.3 is 11.5 Å². The van der Waals surface area contributed by atoms with Crippen molar-refractivity contribution in [3.63, 3.8) is 0 Å². The fraction of sp³-hybridized carbons (Fsp3) is 0.900. The van der Waals surface area contributed by atoms with E-state index in [0.717, 1.165) is 12.8 Å². The zero-order chi connectivity index (χ0) is 10.5. The van der Waals surface area contributed by atoms with Crippen LogP contribution < -0.4 is 11.5 Å². The molecular formula is C10H23N3. The van der Waals surface area contributed by atoms with Crippen molar-refractivity contribution >= 4 is 6.34 Å². The van der Waals surface area contributed by atoms with Gasteiger partial charge in [0.2, 0.25) is 0 Å². The van der Waals surface area contributed by atoms with Crippen LogP contribution in [-0.2, 0) is 0 Å². The maximum atomic E-state index is 5.93. The molecule has 0 aromatic carbocycles. The lowest BCUT2D eigenvalue weighted by molar-refractivity contribution is 0.381. The predicted molar refractivity (Wildman–Crippen MR) is 58.8 cm³/mol. The average molecular weight is 185 g/mol. The molecule has 0 heterocycles. The van der Waals surface area contributed by atoms with Gasteiger partial charge in [0.25, 0.3) is 0 Å². The summed E-state index contributed by atoms with van der Waals surface area (Å²) in [7, 11) is 0. The first kappa shape index (κ1) is 12.4. The highest BCUT2D eigenvalue weighted by atomic mass is 14.9. The highest BCUT2D eigenvalue weighted by Gasteiger charge is 2.18. The summed E-state index contributed by atoms with van der Waals surface area (Å²) in [5.74, 6) is 0.635.